The molecule has 0 saturated carbocycles. The predicted octanol–water partition coefficient (Wildman–Crippen LogP) is 2.43. The van der Waals surface area contributed by atoms with Crippen LogP contribution in [0, 0.1) is 11.8 Å². The van der Waals surface area contributed by atoms with Crippen molar-refractivity contribution in [2.75, 3.05) is 26.2 Å². The third-order valence-corrected chi connectivity index (χ3v) is 5.25. The van der Waals surface area contributed by atoms with E-state index in [9.17, 15) is 4.79 Å². The van der Waals surface area contributed by atoms with Crippen molar-refractivity contribution in [1.82, 2.24) is 10.2 Å². The molecular formula is C13H18Cl2N2OS. The molecule has 0 aliphatic carbocycles. The second-order valence-electron chi connectivity index (χ2n) is 5.18. The Balaban J connectivity index is 0.00000133. The van der Waals surface area contributed by atoms with E-state index in [4.69, 9.17) is 11.6 Å². The van der Waals surface area contributed by atoms with Gasteiger partial charge >= 0.3 is 0 Å². The Morgan fingerprint density at radius 1 is 1.37 bits per heavy atom. The predicted molar refractivity (Wildman–Crippen MR) is 81.3 cm³/mol. The van der Waals surface area contributed by atoms with Gasteiger partial charge in [0.15, 0.2) is 0 Å². The van der Waals surface area contributed by atoms with Gasteiger partial charge in [0.1, 0.15) is 0 Å². The Morgan fingerprint density at radius 3 is 2.63 bits per heavy atom. The summed E-state index contributed by atoms with van der Waals surface area (Å²) in [7, 11) is 0. The maximum Gasteiger partial charge on any atom is 0.222 e. The van der Waals surface area contributed by atoms with Gasteiger partial charge in [-0.2, -0.15) is 0 Å². The van der Waals surface area contributed by atoms with Crippen LogP contribution in [0.3, 0.4) is 0 Å². The molecule has 2 saturated heterocycles. The number of aryl methyl sites for hydroxylation is 1. The van der Waals surface area contributed by atoms with Crippen molar-refractivity contribution in [2.24, 2.45) is 11.8 Å². The molecule has 0 spiro atoms. The zero-order valence-corrected chi connectivity index (χ0v) is 13.0. The topological polar surface area (TPSA) is 32.3 Å². The number of nitrogens with one attached hydrogen (secondary N) is 1. The van der Waals surface area contributed by atoms with Crippen molar-refractivity contribution >= 4 is 41.3 Å². The van der Waals surface area contributed by atoms with Gasteiger partial charge in [-0.05, 0) is 30.4 Å². The smallest absolute Gasteiger partial charge is 0.222 e. The summed E-state index contributed by atoms with van der Waals surface area (Å²) in [6, 6.07) is 3.92. The fraction of sp³-hybridized carbons (Fsp3) is 0.615. The van der Waals surface area contributed by atoms with E-state index < -0.39 is 0 Å². The summed E-state index contributed by atoms with van der Waals surface area (Å²) < 4.78 is 0.805. The molecule has 1 amide bonds. The van der Waals surface area contributed by atoms with Gasteiger partial charge in [0.05, 0.1) is 4.34 Å². The second-order valence-corrected chi connectivity index (χ2v) is 6.98. The Labute approximate surface area is 128 Å². The fourth-order valence-electron chi connectivity index (χ4n) is 2.93. The zero-order chi connectivity index (χ0) is 12.5. The summed E-state index contributed by atoms with van der Waals surface area (Å²) in [5.41, 5.74) is 0. The van der Waals surface area contributed by atoms with E-state index in [1.165, 1.54) is 4.88 Å². The zero-order valence-electron chi connectivity index (χ0n) is 10.6. The van der Waals surface area contributed by atoms with Crippen molar-refractivity contribution in [1.29, 1.82) is 0 Å². The summed E-state index contributed by atoms with van der Waals surface area (Å²) in [6.07, 6.45) is 1.43. The molecule has 19 heavy (non-hydrogen) atoms. The van der Waals surface area contributed by atoms with Crippen LogP contribution >= 0.6 is 35.3 Å². The van der Waals surface area contributed by atoms with Crippen molar-refractivity contribution in [3.63, 3.8) is 0 Å². The first-order valence-electron chi connectivity index (χ1n) is 6.45. The molecule has 0 unspecified atom stereocenters. The lowest BCUT2D eigenvalue weighted by atomic mass is 10.0. The number of rotatable bonds is 3. The lowest BCUT2D eigenvalue weighted by molar-refractivity contribution is -0.130. The molecule has 2 aliphatic rings. The highest BCUT2D eigenvalue weighted by atomic mass is 35.5. The maximum atomic E-state index is 12.1. The van der Waals surface area contributed by atoms with Crippen LogP contribution in [0.15, 0.2) is 12.1 Å². The number of carbonyl (C=O) groups is 1. The van der Waals surface area contributed by atoms with Crippen LogP contribution in [-0.2, 0) is 11.2 Å². The molecule has 3 nitrogen and oxygen atoms in total. The summed E-state index contributed by atoms with van der Waals surface area (Å²) in [5.74, 6) is 1.67. The number of halogens is 2. The van der Waals surface area contributed by atoms with Crippen LogP contribution in [0.1, 0.15) is 11.3 Å². The van der Waals surface area contributed by atoms with Crippen LogP contribution in [0.4, 0.5) is 0 Å². The van der Waals surface area contributed by atoms with E-state index in [1.54, 1.807) is 11.3 Å². The average Bonchev–Trinajstić information content (AvgIpc) is 3.00. The molecule has 0 bridgehead atoms. The molecule has 0 radical (unpaired) electrons. The van der Waals surface area contributed by atoms with Crippen molar-refractivity contribution in [2.45, 2.75) is 12.8 Å². The Hall–Kier alpha value is -0.290. The monoisotopic (exact) mass is 320 g/mol. The van der Waals surface area contributed by atoms with E-state index in [0.29, 0.717) is 24.2 Å². The van der Waals surface area contributed by atoms with Crippen molar-refractivity contribution in [3.05, 3.63) is 21.3 Å². The van der Waals surface area contributed by atoms with Crippen LogP contribution < -0.4 is 5.32 Å². The van der Waals surface area contributed by atoms with Gasteiger partial charge < -0.3 is 10.2 Å². The normalized spacial score (nSPS) is 25.2. The Bertz CT molecular complexity index is 440. The van der Waals surface area contributed by atoms with E-state index >= 15 is 0 Å². The van der Waals surface area contributed by atoms with E-state index in [2.05, 4.69) is 5.32 Å². The van der Waals surface area contributed by atoms with E-state index in [1.807, 2.05) is 17.0 Å². The molecule has 106 valence electrons. The number of amides is 1. The van der Waals surface area contributed by atoms with Crippen molar-refractivity contribution < 1.29 is 4.79 Å². The number of carbonyl (C=O) groups excluding carboxylic acids is 1. The van der Waals surface area contributed by atoms with Gasteiger partial charge in [0, 0.05) is 37.5 Å². The third-order valence-electron chi connectivity index (χ3n) is 3.96. The number of hydrogen-bond donors (Lipinski definition) is 1. The van der Waals surface area contributed by atoms with Gasteiger partial charge in [-0.1, -0.05) is 11.6 Å². The summed E-state index contributed by atoms with van der Waals surface area (Å²) in [4.78, 5) is 15.4. The minimum absolute atomic E-state index is 0. The summed E-state index contributed by atoms with van der Waals surface area (Å²) in [5, 5.41) is 3.39. The summed E-state index contributed by atoms with van der Waals surface area (Å²) >= 11 is 7.46. The van der Waals surface area contributed by atoms with Gasteiger partial charge in [0.25, 0.3) is 0 Å². The maximum absolute atomic E-state index is 12.1. The SMILES string of the molecule is Cl.O=C(CCc1ccc(Cl)s1)N1C[C@H]2CNC[C@H]2C1. The summed E-state index contributed by atoms with van der Waals surface area (Å²) in [6.45, 7) is 4.05. The molecule has 1 aromatic heterocycles. The molecule has 0 aromatic carbocycles. The standard InChI is InChI=1S/C13H17ClN2OS.ClH/c14-12-3-1-11(18-12)2-4-13(17)16-7-9-5-15-6-10(9)8-16;/h1,3,9-10,15H,2,4-8H2;1H/t9-,10+;. The highest BCUT2D eigenvalue weighted by Gasteiger charge is 2.37. The molecule has 1 aromatic rings. The molecule has 2 atom stereocenters. The molecule has 3 rings (SSSR count). The molecule has 6 heteroatoms. The minimum atomic E-state index is 0. The van der Waals surface area contributed by atoms with Gasteiger partial charge in [-0.25, -0.2) is 0 Å². The molecule has 2 fully saturated rings. The molecule has 3 heterocycles. The van der Waals surface area contributed by atoms with E-state index in [-0.39, 0.29) is 12.4 Å². The number of hydrogen-bond acceptors (Lipinski definition) is 3. The second kappa shape index (κ2) is 6.44. The Kier molecular flexibility index (Phi) is 5.12. The van der Waals surface area contributed by atoms with Crippen LogP contribution in [0.2, 0.25) is 4.34 Å². The van der Waals surface area contributed by atoms with Gasteiger partial charge in [-0.15, -0.1) is 23.7 Å². The average molecular weight is 321 g/mol. The first kappa shape index (κ1) is 15.1. The number of fused-ring (bicyclic) bond motifs is 1. The third kappa shape index (κ3) is 3.43. The van der Waals surface area contributed by atoms with Gasteiger partial charge in [-0.3, -0.25) is 4.79 Å². The number of likely N-dealkylation sites (tertiary alicyclic amines) is 1. The quantitative estimate of drug-likeness (QED) is 0.927. The van der Waals surface area contributed by atoms with Crippen LogP contribution in [0.5, 0.6) is 0 Å². The highest BCUT2D eigenvalue weighted by Crippen LogP contribution is 2.27. The van der Waals surface area contributed by atoms with E-state index in [0.717, 1.165) is 36.9 Å². The fourth-order valence-corrected chi connectivity index (χ4v) is 4.02. The largest absolute Gasteiger partial charge is 0.342 e. The van der Waals surface area contributed by atoms with Crippen molar-refractivity contribution in [3.8, 4) is 0 Å². The first-order chi connectivity index (χ1) is 8.72. The molecule has 2 aliphatic heterocycles. The highest BCUT2D eigenvalue weighted by molar-refractivity contribution is 7.16. The van der Waals surface area contributed by atoms with Crippen LogP contribution in [-0.4, -0.2) is 37.0 Å². The number of thiophene rings is 1. The molecule has 1 N–H and O–H groups in total. The van der Waals surface area contributed by atoms with Crippen LogP contribution in [0.25, 0.3) is 0 Å². The lowest BCUT2D eigenvalue weighted by Crippen LogP contribution is -2.31. The number of nitrogens with zero attached hydrogens (tertiary/aromatic N) is 1. The first-order valence-corrected chi connectivity index (χ1v) is 7.64. The van der Waals surface area contributed by atoms with Gasteiger partial charge in [0.2, 0.25) is 5.91 Å². The Morgan fingerprint density at radius 2 is 2.05 bits per heavy atom. The lowest BCUT2D eigenvalue weighted by Gasteiger charge is -2.17. The molecular weight excluding hydrogens is 303 g/mol. The minimum Gasteiger partial charge on any atom is -0.342 e.